The average molecular weight is 853 g/mol. The fraction of sp³-hybridized carbons (Fsp3) is 0.679. The number of carbonyl (C=O) groups excluding carboxylic acids is 2. The number of unbranched alkanes of at least 4 members (excludes halogenated alkanes) is 14. The summed E-state index contributed by atoms with van der Waals surface area (Å²) < 4.78 is 17.2. The maximum atomic E-state index is 12.7. The van der Waals surface area contributed by atoms with Gasteiger partial charge in [-0.15, -0.1) is 0 Å². The van der Waals surface area contributed by atoms with Crippen molar-refractivity contribution in [3.63, 3.8) is 0 Å². The first-order valence-electron chi connectivity index (χ1n) is 24.1. The molecule has 0 aromatic rings. The van der Waals surface area contributed by atoms with E-state index in [2.05, 4.69) is 98.9 Å². The monoisotopic (exact) mass is 853 g/mol. The van der Waals surface area contributed by atoms with Gasteiger partial charge in [0.15, 0.2) is 12.1 Å². The van der Waals surface area contributed by atoms with E-state index in [9.17, 15) is 19.5 Å². The van der Waals surface area contributed by atoms with Crippen molar-refractivity contribution in [3.05, 3.63) is 85.1 Å². The van der Waals surface area contributed by atoms with Crippen LogP contribution in [0.1, 0.15) is 181 Å². The largest absolute Gasteiger partial charge is 0.477 e. The average Bonchev–Trinajstić information content (AvgIpc) is 3.22. The minimum Gasteiger partial charge on any atom is -0.477 e. The Morgan fingerprint density at radius 1 is 0.508 bits per heavy atom. The van der Waals surface area contributed by atoms with Crippen LogP contribution < -0.4 is 0 Å². The highest BCUT2D eigenvalue weighted by molar-refractivity contribution is 5.72. The first-order valence-corrected chi connectivity index (χ1v) is 24.1. The minimum absolute atomic E-state index is 0.0349. The van der Waals surface area contributed by atoms with Gasteiger partial charge in [0.05, 0.1) is 34.4 Å². The smallest absolute Gasteiger partial charge is 0.362 e. The van der Waals surface area contributed by atoms with Crippen molar-refractivity contribution in [2.24, 2.45) is 0 Å². The van der Waals surface area contributed by atoms with Crippen LogP contribution in [-0.2, 0) is 28.6 Å². The summed E-state index contributed by atoms with van der Waals surface area (Å²) in [7, 11) is 5.50. The van der Waals surface area contributed by atoms with Crippen molar-refractivity contribution in [2.45, 2.75) is 193 Å². The molecule has 0 aliphatic heterocycles. The molecule has 0 radical (unpaired) electrons. The fourth-order valence-corrected chi connectivity index (χ4v) is 6.61. The third-order valence-corrected chi connectivity index (χ3v) is 10.3. The number of esters is 2. The molecule has 348 valence electrons. The van der Waals surface area contributed by atoms with Gasteiger partial charge < -0.3 is 23.8 Å². The van der Waals surface area contributed by atoms with Gasteiger partial charge in [0.2, 0.25) is 0 Å². The number of aliphatic carboxylic acids is 1. The van der Waals surface area contributed by atoms with Gasteiger partial charge in [-0.1, -0.05) is 182 Å². The SMILES string of the molecule is CC/C=C/C/C=C/C/C=C/C/C=C/C/C=C/C/C=C/C/C=C/CCCC(=O)OC(COCCC(C(=O)O)[N+](C)(C)C)COC(=O)CCCCCCCCCCCCCCCC. The topological polar surface area (TPSA) is 99.1 Å². The van der Waals surface area contributed by atoms with Crippen molar-refractivity contribution in [2.75, 3.05) is 41.0 Å². The molecule has 0 bridgehead atoms. The van der Waals surface area contributed by atoms with E-state index in [1.807, 2.05) is 21.1 Å². The summed E-state index contributed by atoms with van der Waals surface area (Å²) in [5, 5.41) is 9.63. The summed E-state index contributed by atoms with van der Waals surface area (Å²) in [6.45, 7) is 4.56. The molecule has 0 saturated carbocycles. The molecular formula is C53H90NO7+. The predicted molar refractivity (Wildman–Crippen MR) is 256 cm³/mol. The van der Waals surface area contributed by atoms with Gasteiger partial charge in [0.25, 0.3) is 0 Å². The van der Waals surface area contributed by atoms with E-state index >= 15 is 0 Å². The molecule has 8 nitrogen and oxygen atoms in total. The Morgan fingerprint density at radius 2 is 0.918 bits per heavy atom. The van der Waals surface area contributed by atoms with Gasteiger partial charge >= 0.3 is 17.9 Å². The van der Waals surface area contributed by atoms with Crippen LogP contribution in [0.4, 0.5) is 0 Å². The van der Waals surface area contributed by atoms with Crippen LogP contribution in [0, 0.1) is 0 Å². The predicted octanol–water partition coefficient (Wildman–Crippen LogP) is 13.7. The minimum atomic E-state index is -0.886. The summed E-state index contributed by atoms with van der Waals surface area (Å²) >= 11 is 0. The number of allylic oxidation sites excluding steroid dienone is 14. The molecule has 2 unspecified atom stereocenters. The first kappa shape index (κ1) is 57.5. The normalized spacial score (nSPS) is 13.7. The van der Waals surface area contributed by atoms with Crippen LogP contribution in [0.2, 0.25) is 0 Å². The van der Waals surface area contributed by atoms with E-state index in [0.29, 0.717) is 19.3 Å². The number of carboxylic acid groups (broad SMARTS) is 1. The molecule has 0 aromatic carbocycles. The number of nitrogens with zero attached hydrogens (tertiary/aromatic N) is 1. The summed E-state index contributed by atoms with van der Waals surface area (Å²) in [6, 6.07) is -0.628. The van der Waals surface area contributed by atoms with Gasteiger partial charge in [-0.3, -0.25) is 9.59 Å². The zero-order chi connectivity index (χ0) is 44.9. The maximum Gasteiger partial charge on any atom is 0.362 e. The Labute approximate surface area is 373 Å². The zero-order valence-corrected chi connectivity index (χ0v) is 39.6. The molecule has 0 fully saturated rings. The Hall–Kier alpha value is -3.49. The zero-order valence-electron chi connectivity index (χ0n) is 39.6. The number of hydrogen-bond acceptors (Lipinski definition) is 6. The quantitative estimate of drug-likeness (QED) is 0.0283. The summed E-state index contributed by atoms with van der Waals surface area (Å²) in [4.78, 5) is 37.0. The highest BCUT2D eigenvalue weighted by atomic mass is 16.6. The van der Waals surface area contributed by atoms with Gasteiger partial charge in [0.1, 0.15) is 6.61 Å². The lowest BCUT2D eigenvalue weighted by Gasteiger charge is -2.31. The molecule has 0 heterocycles. The fourth-order valence-electron chi connectivity index (χ4n) is 6.61. The molecule has 8 heteroatoms. The van der Waals surface area contributed by atoms with Crippen molar-refractivity contribution in [1.29, 1.82) is 0 Å². The van der Waals surface area contributed by atoms with Crippen molar-refractivity contribution in [3.8, 4) is 0 Å². The van der Waals surface area contributed by atoms with E-state index in [1.165, 1.54) is 70.6 Å². The van der Waals surface area contributed by atoms with E-state index in [1.54, 1.807) is 0 Å². The molecule has 0 spiro atoms. The second kappa shape index (κ2) is 43.2. The molecule has 0 aliphatic rings. The lowest BCUT2D eigenvalue weighted by atomic mass is 10.0. The van der Waals surface area contributed by atoms with Crippen molar-refractivity contribution < 1.29 is 38.2 Å². The van der Waals surface area contributed by atoms with E-state index < -0.39 is 18.1 Å². The molecule has 0 amide bonds. The third kappa shape index (κ3) is 41.6. The number of carbonyl (C=O) groups is 3. The molecule has 0 rings (SSSR count). The highest BCUT2D eigenvalue weighted by Gasteiger charge is 2.31. The van der Waals surface area contributed by atoms with Crippen LogP contribution >= 0.6 is 0 Å². The number of hydrogen-bond donors (Lipinski definition) is 1. The van der Waals surface area contributed by atoms with E-state index in [4.69, 9.17) is 14.2 Å². The number of quaternary nitrogens is 1. The van der Waals surface area contributed by atoms with Gasteiger partial charge in [-0.2, -0.15) is 0 Å². The molecule has 2 atom stereocenters. The second-order valence-electron chi connectivity index (χ2n) is 17.0. The molecular weight excluding hydrogens is 763 g/mol. The standard InChI is InChI=1S/C53H89NO7/c1-6-8-10-12-14-16-18-20-22-23-24-25-26-27-28-29-30-32-34-36-38-40-42-44-52(56)61-49(47-59-46-45-50(53(57)58)54(3,4)5)48-60-51(55)43-41-39-37-35-33-31-21-19-17-15-13-11-9-7-2/h8,10,14,16,20,22,24-25,27-28,30,32,36,38,49-50H,6-7,9,11-13,15,17-19,21,23,26,29,31,33-35,37,39-48H2,1-5H3/p+1/b10-8+,16-14+,22-20+,25-24+,28-27+,32-30+,38-36+. The summed E-state index contributed by atoms with van der Waals surface area (Å²) in [5.74, 6) is -1.55. The number of ether oxygens (including phenoxy) is 3. The summed E-state index contributed by atoms with van der Waals surface area (Å²) in [5.41, 5.74) is 0. The van der Waals surface area contributed by atoms with Crippen LogP contribution in [0.5, 0.6) is 0 Å². The highest BCUT2D eigenvalue weighted by Crippen LogP contribution is 2.14. The lowest BCUT2D eigenvalue weighted by molar-refractivity contribution is -0.887. The number of rotatable bonds is 42. The van der Waals surface area contributed by atoms with E-state index in [-0.39, 0.29) is 42.7 Å². The second-order valence-corrected chi connectivity index (χ2v) is 17.0. The Kier molecular flexibility index (Phi) is 40.7. The number of carboxylic acids is 1. The van der Waals surface area contributed by atoms with Crippen molar-refractivity contribution >= 4 is 17.9 Å². The van der Waals surface area contributed by atoms with E-state index in [0.717, 1.165) is 70.6 Å². The Bertz CT molecular complexity index is 1270. The maximum absolute atomic E-state index is 12.7. The Balaban J connectivity index is 4.41. The molecule has 0 aromatic heterocycles. The van der Waals surface area contributed by atoms with Crippen molar-refractivity contribution in [1.82, 2.24) is 0 Å². The van der Waals surface area contributed by atoms with Crippen LogP contribution in [0.3, 0.4) is 0 Å². The van der Waals surface area contributed by atoms with Gasteiger partial charge in [0, 0.05) is 19.3 Å². The first-order chi connectivity index (χ1) is 29.6. The lowest BCUT2D eigenvalue weighted by Crippen LogP contribution is -2.50. The summed E-state index contributed by atoms with van der Waals surface area (Å²) in [6.07, 6.45) is 56.4. The molecule has 0 saturated heterocycles. The molecule has 1 N–H and O–H groups in total. The third-order valence-electron chi connectivity index (χ3n) is 10.3. The molecule has 61 heavy (non-hydrogen) atoms. The van der Waals surface area contributed by atoms with Crippen LogP contribution in [-0.4, -0.2) is 80.6 Å². The van der Waals surface area contributed by atoms with Gasteiger partial charge in [-0.25, -0.2) is 4.79 Å². The number of likely N-dealkylation sites (N-methyl/N-ethyl adjacent to an activating group) is 1. The van der Waals surface area contributed by atoms with Crippen LogP contribution in [0.25, 0.3) is 0 Å². The molecule has 0 aliphatic carbocycles. The Morgan fingerprint density at radius 3 is 1.34 bits per heavy atom. The van der Waals surface area contributed by atoms with Gasteiger partial charge in [-0.05, 0) is 64.2 Å². The van der Waals surface area contributed by atoms with Crippen LogP contribution in [0.15, 0.2) is 85.1 Å².